The van der Waals surface area contributed by atoms with E-state index in [1.165, 1.54) is 0 Å². The molecule has 0 aliphatic carbocycles. The molecule has 25 heavy (non-hydrogen) atoms. The number of carbonyl (C=O) groups is 2. The van der Waals surface area contributed by atoms with Crippen molar-refractivity contribution in [1.82, 2.24) is 4.72 Å². The van der Waals surface area contributed by atoms with Gasteiger partial charge in [0.2, 0.25) is 6.10 Å². The second-order valence-corrected chi connectivity index (χ2v) is 9.65. The number of carbonyl (C=O) groups excluding carboxylic acids is 2. The van der Waals surface area contributed by atoms with Crippen LogP contribution in [-0.4, -0.2) is 45.4 Å². The van der Waals surface area contributed by atoms with Gasteiger partial charge in [0.25, 0.3) is 0 Å². The zero-order chi connectivity index (χ0) is 19.8. The summed E-state index contributed by atoms with van der Waals surface area (Å²) >= 11 is 0. The van der Waals surface area contributed by atoms with Crippen LogP contribution in [0.5, 0.6) is 0 Å². The molecule has 1 N–H and O–H groups in total. The van der Waals surface area contributed by atoms with Gasteiger partial charge in [-0.1, -0.05) is 13.3 Å². The van der Waals surface area contributed by atoms with E-state index in [4.69, 9.17) is 14.2 Å². The van der Waals surface area contributed by atoms with Crippen LogP contribution >= 0.6 is 0 Å². The van der Waals surface area contributed by atoms with Crippen molar-refractivity contribution in [3.8, 4) is 0 Å². The summed E-state index contributed by atoms with van der Waals surface area (Å²) in [6.07, 6.45) is -1.02. The molecule has 0 unspecified atom stereocenters. The van der Waals surface area contributed by atoms with Gasteiger partial charge < -0.3 is 14.2 Å². The number of hydrogen-bond donors (Lipinski definition) is 1. The molecule has 148 valence electrons. The van der Waals surface area contributed by atoms with Gasteiger partial charge >= 0.3 is 12.1 Å². The molecular weight excluding hydrogens is 346 g/mol. The Morgan fingerprint density at radius 3 is 2.04 bits per heavy atom. The summed E-state index contributed by atoms with van der Waals surface area (Å²) in [5.74, 6) is -0.690. The van der Waals surface area contributed by atoms with Crippen LogP contribution < -0.4 is 4.72 Å². The number of esters is 1. The van der Waals surface area contributed by atoms with Crippen molar-refractivity contribution in [3.05, 3.63) is 0 Å². The summed E-state index contributed by atoms with van der Waals surface area (Å²) in [5, 5.41) is 0. The van der Waals surface area contributed by atoms with Crippen LogP contribution in [0.25, 0.3) is 0 Å². The molecule has 0 saturated carbocycles. The second kappa shape index (κ2) is 10.1. The van der Waals surface area contributed by atoms with Crippen molar-refractivity contribution in [3.63, 3.8) is 0 Å². The third-order valence-electron chi connectivity index (χ3n) is 2.91. The first kappa shape index (κ1) is 23.9. The minimum Gasteiger partial charge on any atom is -0.463 e. The van der Waals surface area contributed by atoms with E-state index in [0.29, 0.717) is 12.8 Å². The molecule has 7 nitrogen and oxygen atoms in total. The molecule has 8 heteroatoms. The monoisotopic (exact) mass is 379 g/mol. The van der Waals surface area contributed by atoms with Gasteiger partial charge in [-0.3, -0.25) is 0 Å². The first-order valence-electron chi connectivity index (χ1n) is 8.56. The Bertz CT molecular complexity index is 467. The number of hydrogen-bond acceptors (Lipinski definition) is 6. The van der Waals surface area contributed by atoms with Gasteiger partial charge in [0.05, 0.1) is 28.4 Å². The highest BCUT2D eigenvalue weighted by Gasteiger charge is 2.37. The summed E-state index contributed by atoms with van der Waals surface area (Å²) in [6.45, 7) is 14.3. The lowest BCUT2D eigenvalue weighted by Gasteiger charge is -2.29. The van der Waals surface area contributed by atoms with Crippen LogP contribution in [0.4, 0.5) is 4.79 Å². The van der Waals surface area contributed by atoms with Crippen molar-refractivity contribution in [2.75, 3.05) is 6.61 Å². The minimum absolute atomic E-state index is 0.147. The van der Waals surface area contributed by atoms with E-state index < -0.39 is 45.6 Å². The van der Waals surface area contributed by atoms with Crippen molar-refractivity contribution in [2.24, 2.45) is 0 Å². The molecule has 0 amide bonds. The normalized spacial score (nSPS) is 15.8. The van der Waals surface area contributed by atoms with Gasteiger partial charge in [-0.05, 0) is 54.9 Å². The predicted molar refractivity (Wildman–Crippen MR) is 97.5 cm³/mol. The molecule has 0 radical (unpaired) electrons. The molecule has 0 saturated heterocycles. The Morgan fingerprint density at radius 1 is 1.08 bits per heavy atom. The van der Waals surface area contributed by atoms with E-state index in [2.05, 4.69) is 4.72 Å². The maximum Gasteiger partial charge on any atom is 0.509 e. The number of ether oxygens (including phenoxy) is 3. The fourth-order valence-corrected chi connectivity index (χ4v) is 2.66. The molecule has 0 aromatic heterocycles. The van der Waals surface area contributed by atoms with Crippen LogP contribution in [0.1, 0.15) is 68.2 Å². The standard InChI is InChI=1S/C17H33NO6S/c1-9-11-12(18-25(21)17(6,7)8)13(14(19)22-10-2)23-15(20)24-16(3,4)5/h12-13,18H,9-11H2,1-8H3/t12-,13+,25+/m1/s1. The number of nitrogens with one attached hydrogen (secondary N) is 1. The van der Waals surface area contributed by atoms with Gasteiger partial charge in [0.1, 0.15) is 5.60 Å². The predicted octanol–water partition coefficient (Wildman–Crippen LogP) is 3.09. The Hall–Kier alpha value is -1.15. The van der Waals surface area contributed by atoms with E-state index >= 15 is 0 Å². The molecule has 0 rings (SSSR count). The fourth-order valence-electron chi connectivity index (χ4n) is 1.79. The summed E-state index contributed by atoms with van der Waals surface area (Å²) in [5.41, 5.74) is -0.752. The van der Waals surface area contributed by atoms with Crippen LogP contribution in [-0.2, 0) is 30.0 Å². The summed E-state index contributed by atoms with van der Waals surface area (Å²) in [4.78, 5) is 24.3. The summed E-state index contributed by atoms with van der Waals surface area (Å²) in [6, 6.07) is -0.642. The fraction of sp³-hybridized carbons (Fsp3) is 0.882. The Labute approximate surface area is 153 Å². The molecule has 0 spiro atoms. The maximum atomic E-state index is 12.4. The average molecular weight is 380 g/mol. The average Bonchev–Trinajstić information content (AvgIpc) is 2.41. The van der Waals surface area contributed by atoms with E-state index in [9.17, 15) is 13.8 Å². The molecule has 0 aromatic carbocycles. The lowest BCUT2D eigenvalue weighted by molar-refractivity contribution is -0.157. The molecule has 3 atom stereocenters. The quantitative estimate of drug-likeness (QED) is 0.652. The Morgan fingerprint density at radius 2 is 1.64 bits per heavy atom. The van der Waals surface area contributed by atoms with Gasteiger partial charge in [-0.25, -0.2) is 18.5 Å². The third kappa shape index (κ3) is 9.79. The van der Waals surface area contributed by atoms with Crippen molar-refractivity contribution < 1.29 is 28.0 Å². The van der Waals surface area contributed by atoms with E-state index in [1.807, 2.05) is 27.7 Å². The van der Waals surface area contributed by atoms with Crippen molar-refractivity contribution in [2.45, 2.75) is 90.7 Å². The highest BCUT2D eigenvalue weighted by atomic mass is 32.2. The van der Waals surface area contributed by atoms with Gasteiger partial charge in [-0.2, -0.15) is 0 Å². The first-order valence-corrected chi connectivity index (χ1v) is 9.71. The number of rotatable bonds is 8. The topological polar surface area (TPSA) is 90.9 Å². The van der Waals surface area contributed by atoms with Crippen molar-refractivity contribution in [1.29, 1.82) is 0 Å². The molecular formula is C17H33NO6S. The first-order chi connectivity index (χ1) is 11.3. The van der Waals surface area contributed by atoms with Crippen LogP contribution in [0.3, 0.4) is 0 Å². The smallest absolute Gasteiger partial charge is 0.463 e. The van der Waals surface area contributed by atoms with E-state index in [-0.39, 0.29) is 6.61 Å². The molecule has 0 aromatic rings. The molecule has 0 bridgehead atoms. The van der Waals surface area contributed by atoms with Crippen LogP contribution in [0.2, 0.25) is 0 Å². The van der Waals surface area contributed by atoms with Crippen LogP contribution in [0, 0.1) is 0 Å². The second-order valence-electron chi connectivity index (χ2n) is 7.65. The molecule has 0 heterocycles. The van der Waals surface area contributed by atoms with Crippen molar-refractivity contribution >= 4 is 23.1 Å². The van der Waals surface area contributed by atoms with Crippen LogP contribution in [0.15, 0.2) is 0 Å². The molecule has 0 aliphatic heterocycles. The molecule has 0 fully saturated rings. The zero-order valence-electron chi connectivity index (χ0n) is 16.6. The highest BCUT2D eigenvalue weighted by Crippen LogP contribution is 2.17. The molecule has 0 aliphatic rings. The lowest BCUT2D eigenvalue weighted by Crippen LogP contribution is -2.51. The van der Waals surface area contributed by atoms with E-state index in [0.717, 1.165) is 0 Å². The zero-order valence-corrected chi connectivity index (χ0v) is 17.5. The summed E-state index contributed by atoms with van der Waals surface area (Å²) < 4.78 is 30.2. The van der Waals surface area contributed by atoms with E-state index in [1.54, 1.807) is 27.7 Å². The highest BCUT2D eigenvalue weighted by molar-refractivity contribution is 7.84. The Balaban J connectivity index is 5.38. The van der Waals surface area contributed by atoms with Gasteiger partial charge in [0, 0.05) is 0 Å². The lowest BCUT2D eigenvalue weighted by atomic mass is 10.1. The van der Waals surface area contributed by atoms with Gasteiger partial charge in [-0.15, -0.1) is 0 Å². The SMILES string of the molecule is CCC[C@@H](N[S@@](=O)C(C)(C)C)[C@H](OC(=O)OC(C)(C)C)C(=O)OCC. The largest absolute Gasteiger partial charge is 0.509 e. The summed E-state index contributed by atoms with van der Waals surface area (Å²) in [7, 11) is -1.43. The Kier molecular flexibility index (Phi) is 9.64. The maximum absolute atomic E-state index is 12.4. The van der Waals surface area contributed by atoms with Gasteiger partial charge in [0.15, 0.2) is 0 Å². The third-order valence-corrected chi connectivity index (χ3v) is 4.54. The minimum atomic E-state index is -1.43.